The lowest BCUT2D eigenvalue weighted by Crippen LogP contribution is -2.12. The molecule has 138 valence electrons. The van der Waals surface area contributed by atoms with Crippen LogP contribution in [0.2, 0.25) is 0 Å². The van der Waals surface area contributed by atoms with Crippen molar-refractivity contribution in [3.8, 4) is 11.5 Å². The first-order valence-electron chi connectivity index (χ1n) is 8.16. The summed E-state index contributed by atoms with van der Waals surface area (Å²) in [6, 6.07) is 20.7. The van der Waals surface area contributed by atoms with Gasteiger partial charge in [0, 0.05) is 15.4 Å². The molecule has 0 saturated carbocycles. The van der Waals surface area contributed by atoms with Gasteiger partial charge in [-0.2, -0.15) is 0 Å². The van der Waals surface area contributed by atoms with Gasteiger partial charge in [0.25, 0.3) is 0 Å². The van der Waals surface area contributed by atoms with Crippen LogP contribution in [-0.2, 0) is 6.42 Å². The van der Waals surface area contributed by atoms with Crippen LogP contribution in [0.5, 0.6) is 11.5 Å². The van der Waals surface area contributed by atoms with E-state index >= 15 is 0 Å². The van der Waals surface area contributed by atoms with Crippen molar-refractivity contribution in [2.75, 3.05) is 6.61 Å². The molecule has 0 aliphatic heterocycles. The molecule has 0 unspecified atom stereocenters. The minimum absolute atomic E-state index is 0.368. The maximum Gasteiger partial charge on any atom is 0.347 e. The van der Waals surface area contributed by atoms with Gasteiger partial charge >= 0.3 is 5.97 Å². The number of rotatable bonds is 6. The van der Waals surface area contributed by atoms with Crippen LogP contribution >= 0.6 is 47.8 Å². The normalized spacial score (nSPS) is 10.5. The van der Waals surface area contributed by atoms with Crippen LogP contribution in [0.4, 0.5) is 0 Å². The minimum Gasteiger partial charge on any atom is -0.492 e. The zero-order valence-corrected chi connectivity index (χ0v) is 18.9. The van der Waals surface area contributed by atoms with Crippen LogP contribution in [0.1, 0.15) is 15.9 Å². The fourth-order valence-electron chi connectivity index (χ4n) is 2.42. The number of hydrogen-bond donors (Lipinski definition) is 0. The molecule has 27 heavy (non-hydrogen) atoms. The van der Waals surface area contributed by atoms with Gasteiger partial charge in [0.2, 0.25) is 0 Å². The summed E-state index contributed by atoms with van der Waals surface area (Å²) in [6.45, 7) is 0.466. The average molecular weight is 555 g/mol. The minimum atomic E-state index is -0.478. The quantitative estimate of drug-likeness (QED) is 0.248. The van der Waals surface area contributed by atoms with E-state index < -0.39 is 5.97 Å². The maximum absolute atomic E-state index is 12.7. The number of esters is 1. The van der Waals surface area contributed by atoms with E-state index in [4.69, 9.17) is 9.47 Å². The lowest BCUT2D eigenvalue weighted by Gasteiger charge is -2.12. The van der Waals surface area contributed by atoms with Crippen molar-refractivity contribution in [2.45, 2.75) is 6.42 Å². The molecule has 3 rings (SSSR count). The largest absolute Gasteiger partial charge is 0.492 e. The molecule has 0 aromatic heterocycles. The van der Waals surface area contributed by atoms with Crippen molar-refractivity contribution >= 4 is 53.8 Å². The van der Waals surface area contributed by atoms with Gasteiger partial charge < -0.3 is 9.47 Å². The zero-order valence-electron chi connectivity index (χ0n) is 14.1. The number of benzene rings is 3. The van der Waals surface area contributed by atoms with Crippen molar-refractivity contribution in [3.05, 3.63) is 91.3 Å². The molecule has 6 heteroatoms. The van der Waals surface area contributed by atoms with Gasteiger partial charge in [-0.15, -0.1) is 0 Å². The molecule has 0 radical (unpaired) electrons. The van der Waals surface area contributed by atoms with E-state index in [1.165, 1.54) is 5.56 Å². The molecule has 0 atom stereocenters. The molecule has 0 heterocycles. The molecule has 3 nitrogen and oxygen atoms in total. The maximum atomic E-state index is 12.7. The number of carbonyl (C=O) groups is 1. The van der Waals surface area contributed by atoms with Crippen molar-refractivity contribution in [1.29, 1.82) is 0 Å². The molecule has 3 aromatic carbocycles. The molecular formula is C21H15Br3O3. The zero-order chi connectivity index (χ0) is 19.2. The molecular weight excluding hydrogens is 540 g/mol. The van der Waals surface area contributed by atoms with Gasteiger partial charge in [-0.1, -0.05) is 62.2 Å². The summed E-state index contributed by atoms with van der Waals surface area (Å²) in [5, 5.41) is 0. The van der Waals surface area contributed by atoms with E-state index in [-0.39, 0.29) is 0 Å². The van der Waals surface area contributed by atoms with Crippen LogP contribution in [-0.4, -0.2) is 12.6 Å². The lowest BCUT2D eigenvalue weighted by atomic mass is 10.1. The second-order valence-corrected chi connectivity index (χ2v) is 8.37. The molecule has 0 fully saturated rings. The summed E-state index contributed by atoms with van der Waals surface area (Å²) in [5.41, 5.74) is 1.55. The molecule has 3 aromatic rings. The highest BCUT2D eigenvalue weighted by atomic mass is 79.9. The Balaban J connectivity index is 1.73. The van der Waals surface area contributed by atoms with Gasteiger partial charge in [0.05, 0.1) is 11.1 Å². The van der Waals surface area contributed by atoms with E-state index in [2.05, 4.69) is 47.8 Å². The Labute approximate surface area is 183 Å². The summed E-state index contributed by atoms with van der Waals surface area (Å²) in [4.78, 5) is 12.7. The average Bonchev–Trinajstić information content (AvgIpc) is 2.66. The molecule has 0 N–H and O–H groups in total. The Morgan fingerprint density at radius 1 is 0.815 bits per heavy atom. The summed E-state index contributed by atoms with van der Waals surface area (Å²) in [5.74, 6) is 0.458. The Kier molecular flexibility index (Phi) is 7.10. The van der Waals surface area contributed by atoms with Crippen LogP contribution in [0.15, 0.2) is 80.1 Å². The van der Waals surface area contributed by atoms with Crippen molar-refractivity contribution < 1.29 is 14.3 Å². The van der Waals surface area contributed by atoms with Gasteiger partial charge in [0.15, 0.2) is 0 Å². The predicted molar refractivity (Wildman–Crippen MR) is 117 cm³/mol. The Morgan fingerprint density at radius 2 is 1.48 bits per heavy atom. The summed E-state index contributed by atoms with van der Waals surface area (Å²) in [7, 11) is 0. The number of carbonyl (C=O) groups excluding carboxylic acids is 1. The molecule has 0 bridgehead atoms. The standard InChI is InChI=1S/C21H15Br3O3/c22-15-6-8-19(26-11-10-14-4-2-1-3-5-14)17(12-15)21(25)27-20-9-7-16(23)13-18(20)24/h1-9,12-13H,10-11H2. The van der Waals surface area contributed by atoms with Crippen molar-refractivity contribution in [3.63, 3.8) is 0 Å². The molecule has 0 amide bonds. The topological polar surface area (TPSA) is 35.5 Å². The van der Waals surface area contributed by atoms with Crippen molar-refractivity contribution in [1.82, 2.24) is 0 Å². The highest BCUT2D eigenvalue weighted by molar-refractivity contribution is 9.11. The highest BCUT2D eigenvalue weighted by Crippen LogP contribution is 2.30. The first kappa shape index (κ1) is 20.1. The predicted octanol–water partition coefficient (Wildman–Crippen LogP) is 6.81. The van der Waals surface area contributed by atoms with Crippen molar-refractivity contribution in [2.24, 2.45) is 0 Å². The SMILES string of the molecule is O=C(Oc1ccc(Br)cc1Br)c1cc(Br)ccc1OCCc1ccccc1. The van der Waals surface area contributed by atoms with Crippen LogP contribution < -0.4 is 9.47 Å². The number of halogens is 3. The smallest absolute Gasteiger partial charge is 0.347 e. The van der Waals surface area contributed by atoms with E-state index in [0.29, 0.717) is 28.1 Å². The third-order valence-corrected chi connectivity index (χ3v) is 5.36. The highest BCUT2D eigenvalue weighted by Gasteiger charge is 2.17. The second kappa shape index (κ2) is 9.53. The summed E-state index contributed by atoms with van der Waals surface area (Å²) in [6.07, 6.45) is 0.754. The lowest BCUT2D eigenvalue weighted by molar-refractivity contribution is 0.0729. The first-order valence-corrected chi connectivity index (χ1v) is 10.5. The fourth-order valence-corrected chi connectivity index (χ4v) is 3.91. The Hall–Kier alpha value is -1.63. The van der Waals surface area contributed by atoms with E-state index in [1.54, 1.807) is 18.2 Å². The van der Waals surface area contributed by atoms with Gasteiger partial charge in [0.1, 0.15) is 17.1 Å². The fraction of sp³-hybridized carbons (Fsp3) is 0.0952. The van der Waals surface area contributed by atoms with Crippen LogP contribution in [0.3, 0.4) is 0 Å². The van der Waals surface area contributed by atoms with Gasteiger partial charge in [-0.05, 0) is 57.9 Å². The van der Waals surface area contributed by atoms with E-state index in [1.807, 2.05) is 48.5 Å². The van der Waals surface area contributed by atoms with Gasteiger partial charge in [-0.3, -0.25) is 0 Å². The third-order valence-electron chi connectivity index (χ3n) is 3.75. The summed E-state index contributed by atoms with van der Waals surface area (Å²) < 4.78 is 13.8. The Bertz CT molecular complexity index is 943. The van der Waals surface area contributed by atoms with Gasteiger partial charge in [-0.25, -0.2) is 4.79 Å². The molecule has 0 saturated heterocycles. The molecule has 0 spiro atoms. The Morgan fingerprint density at radius 3 is 2.19 bits per heavy atom. The third kappa shape index (κ3) is 5.67. The van der Waals surface area contributed by atoms with E-state index in [0.717, 1.165) is 15.4 Å². The van der Waals surface area contributed by atoms with E-state index in [9.17, 15) is 4.79 Å². The molecule has 0 aliphatic rings. The van der Waals surface area contributed by atoms with Crippen LogP contribution in [0.25, 0.3) is 0 Å². The monoisotopic (exact) mass is 552 g/mol. The second-order valence-electron chi connectivity index (χ2n) is 5.69. The summed E-state index contributed by atoms with van der Waals surface area (Å²) >= 11 is 10.2. The van der Waals surface area contributed by atoms with Crippen LogP contribution in [0, 0.1) is 0 Å². The molecule has 0 aliphatic carbocycles. The number of ether oxygens (including phenoxy) is 2. The number of hydrogen-bond acceptors (Lipinski definition) is 3. The first-order chi connectivity index (χ1) is 13.0.